The predicted octanol–water partition coefficient (Wildman–Crippen LogP) is 2.13. The Morgan fingerprint density at radius 1 is 1.43 bits per heavy atom. The fourth-order valence-corrected chi connectivity index (χ4v) is 2.53. The zero-order valence-electron chi connectivity index (χ0n) is 9.16. The third kappa shape index (κ3) is 1.85. The molecule has 2 nitrogen and oxygen atoms in total. The van der Waals surface area contributed by atoms with Gasteiger partial charge in [-0.2, -0.15) is 0 Å². The summed E-state index contributed by atoms with van der Waals surface area (Å²) in [6.45, 7) is 4.75. The Morgan fingerprint density at radius 2 is 2.14 bits per heavy atom. The highest BCUT2D eigenvalue weighted by Gasteiger charge is 2.22. The SMILES string of the molecule is CC(c1cccn1C)C1CCNCC1. The van der Waals surface area contributed by atoms with Crippen LogP contribution in [0.5, 0.6) is 0 Å². The largest absolute Gasteiger partial charge is 0.354 e. The van der Waals surface area contributed by atoms with Crippen LogP contribution in [0.1, 0.15) is 31.4 Å². The molecule has 1 aromatic heterocycles. The molecule has 0 saturated carbocycles. The van der Waals surface area contributed by atoms with Gasteiger partial charge in [-0.3, -0.25) is 0 Å². The van der Waals surface area contributed by atoms with E-state index >= 15 is 0 Å². The zero-order chi connectivity index (χ0) is 9.97. The third-order valence-corrected chi connectivity index (χ3v) is 3.54. The van der Waals surface area contributed by atoms with E-state index < -0.39 is 0 Å². The minimum absolute atomic E-state index is 0.706. The lowest BCUT2D eigenvalue weighted by atomic mass is 9.84. The van der Waals surface area contributed by atoms with Crippen LogP contribution < -0.4 is 5.32 Å². The van der Waals surface area contributed by atoms with E-state index in [1.54, 1.807) is 0 Å². The number of aryl methyl sites for hydroxylation is 1. The van der Waals surface area contributed by atoms with Crippen LogP contribution in [0.4, 0.5) is 0 Å². The van der Waals surface area contributed by atoms with Crippen LogP contribution in [-0.4, -0.2) is 17.7 Å². The van der Waals surface area contributed by atoms with E-state index in [4.69, 9.17) is 0 Å². The number of aromatic nitrogens is 1. The van der Waals surface area contributed by atoms with Crippen LogP contribution in [0, 0.1) is 5.92 Å². The van der Waals surface area contributed by atoms with Gasteiger partial charge in [-0.1, -0.05) is 6.92 Å². The summed E-state index contributed by atoms with van der Waals surface area (Å²) >= 11 is 0. The molecule has 1 aliphatic heterocycles. The molecule has 0 amide bonds. The maximum absolute atomic E-state index is 3.42. The summed E-state index contributed by atoms with van der Waals surface area (Å²) < 4.78 is 2.26. The lowest BCUT2D eigenvalue weighted by Gasteiger charge is -2.28. The van der Waals surface area contributed by atoms with Crippen LogP contribution in [0.15, 0.2) is 18.3 Å². The monoisotopic (exact) mass is 192 g/mol. The predicted molar refractivity (Wildman–Crippen MR) is 59.4 cm³/mol. The third-order valence-electron chi connectivity index (χ3n) is 3.54. The Bertz CT molecular complexity index is 284. The minimum atomic E-state index is 0.706. The number of rotatable bonds is 2. The van der Waals surface area contributed by atoms with Crippen LogP contribution in [-0.2, 0) is 7.05 Å². The van der Waals surface area contributed by atoms with Crippen molar-refractivity contribution in [1.29, 1.82) is 0 Å². The number of nitrogens with one attached hydrogen (secondary N) is 1. The van der Waals surface area contributed by atoms with Crippen molar-refractivity contribution in [3.8, 4) is 0 Å². The van der Waals surface area contributed by atoms with Crippen molar-refractivity contribution >= 4 is 0 Å². The maximum atomic E-state index is 3.42. The normalized spacial score (nSPS) is 21.0. The molecule has 1 aliphatic rings. The standard InChI is InChI=1S/C12H20N2/c1-10(11-5-7-13-8-6-11)12-4-3-9-14(12)2/h3-4,9-11,13H,5-8H2,1-2H3. The smallest absolute Gasteiger partial charge is 0.0202 e. The quantitative estimate of drug-likeness (QED) is 0.759. The highest BCUT2D eigenvalue weighted by molar-refractivity contribution is 5.12. The lowest BCUT2D eigenvalue weighted by molar-refractivity contribution is 0.323. The van der Waals surface area contributed by atoms with Crippen LogP contribution in [0.2, 0.25) is 0 Å². The first-order chi connectivity index (χ1) is 6.79. The molecule has 1 fully saturated rings. The average Bonchev–Trinajstić information content (AvgIpc) is 2.65. The van der Waals surface area contributed by atoms with Gasteiger partial charge in [0.15, 0.2) is 0 Å². The molecular formula is C12H20N2. The van der Waals surface area contributed by atoms with Gasteiger partial charge in [-0.25, -0.2) is 0 Å². The molecule has 1 aromatic rings. The molecule has 14 heavy (non-hydrogen) atoms. The summed E-state index contributed by atoms with van der Waals surface area (Å²) in [5.41, 5.74) is 1.48. The van der Waals surface area contributed by atoms with Crippen molar-refractivity contribution < 1.29 is 0 Å². The molecule has 1 N–H and O–H groups in total. The highest BCUT2D eigenvalue weighted by atomic mass is 14.9. The number of nitrogens with zero attached hydrogens (tertiary/aromatic N) is 1. The van der Waals surface area contributed by atoms with Gasteiger partial charge in [0.25, 0.3) is 0 Å². The molecule has 2 heterocycles. The van der Waals surface area contributed by atoms with Crippen LogP contribution in [0.25, 0.3) is 0 Å². The fraction of sp³-hybridized carbons (Fsp3) is 0.667. The van der Waals surface area contributed by atoms with Gasteiger partial charge >= 0.3 is 0 Å². The average molecular weight is 192 g/mol. The highest BCUT2D eigenvalue weighted by Crippen LogP contribution is 2.30. The van der Waals surface area contributed by atoms with Gasteiger partial charge in [0.05, 0.1) is 0 Å². The number of hydrogen-bond acceptors (Lipinski definition) is 1. The summed E-state index contributed by atoms with van der Waals surface area (Å²) in [7, 11) is 2.15. The van der Waals surface area contributed by atoms with E-state index in [0.29, 0.717) is 5.92 Å². The second-order valence-corrected chi connectivity index (χ2v) is 4.42. The fourth-order valence-electron chi connectivity index (χ4n) is 2.53. The molecular weight excluding hydrogens is 172 g/mol. The van der Waals surface area contributed by atoms with Crippen LogP contribution >= 0.6 is 0 Å². The molecule has 1 saturated heterocycles. The van der Waals surface area contributed by atoms with Crippen molar-refractivity contribution in [2.45, 2.75) is 25.7 Å². The van der Waals surface area contributed by atoms with E-state index in [2.05, 4.69) is 42.2 Å². The molecule has 0 aromatic carbocycles. The van der Waals surface area contributed by atoms with Crippen LogP contribution in [0.3, 0.4) is 0 Å². The molecule has 1 atom stereocenters. The summed E-state index contributed by atoms with van der Waals surface area (Å²) in [6, 6.07) is 4.40. The topological polar surface area (TPSA) is 17.0 Å². The van der Waals surface area contributed by atoms with Crippen molar-refractivity contribution in [1.82, 2.24) is 9.88 Å². The molecule has 0 radical (unpaired) electrons. The van der Waals surface area contributed by atoms with Gasteiger partial charge < -0.3 is 9.88 Å². The van der Waals surface area contributed by atoms with E-state index in [-0.39, 0.29) is 0 Å². The van der Waals surface area contributed by atoms with Gasteiger partial charge in [-0.15, -0.1) is 0 Å². The van der Waals surface area contributed by atoms with Gasteiger partial charge in [-0.05, 0) is 49.9 Å². The Morgan fingerprint density at radius 3 is 2.71 bits per heavy atom. The summed E-state index contributed by atoms with van der Waals surface area (Å²) in [5.74, 6) is 1.57. The molecule has 0 bridgehead atoms. The lowest BCUT2D eigenvalue weighted by Crippen LogP contribution is -2.30. The Balaban J connectivity index is 2.07. The summed E-state index contributed by atoms with van der Waals surface area (Å²) in [5, 5.41) is 3.42. The van der Waals surface area contributed by atoms with Crippen molar-refractivity contribution in [2.75, 3.05) is 13.1 Å². The molecule has 2 heteroatoms. The first-order valence-corrected chi connectivity index (χ1v) is 5.61. The van der Waals surface area contributed by atoms with Crippen molar-refractivity contribution in [2.24, 2.45) is 13.0 Å². The Hall–Kier alpha value is -0.760. The second kappa shape index (κ2) is 4.18. The second-order valence-electron chi connectivity index (χ2n) is 4.42. The van der Waals surface area contributed by atoms with Gasteiger partial charge in [0.1, 0.15) is 0 Å². The molecule has 2 rings (SSSR count). The van der Waals surface area contributed by atoms with E-state index in [9.17, 15) is 0 Å². The molecule has 1 unspecified atom stereocenters. The Labute approximate surface area is 86.3 Å². The van der Waals surface area contributed by atoms with E-state index in [0.717, 1.165) is 5.92 Å². The Kier molecular flexibility index (Phi) is 2.92. The summed E-state index contributed by atoms with van der Waals surface area (Å²) in [4.78, 5) is 0. The first-order valence-electron chi connectivity index (χ1n) is 5.61. The zero-order valence-corrected chi connectivity index (χ0v) is 9.16. The van der Waals surface area contributed by atoms with Gasteiger partial charge in [0.2, 0.25) is 0 Å². The minimum Gasteiger partial charge on any atom is -0.354 e. The number of hydrogen-bond donors (Lipinski definition) is 1. The van der Waals surface area contributed by atoms with Crippen molar-refractivity contribution in [3.05, 3.63) is 24.0 Å². The van der Waals surface area contributed by atoms with E-state index in [1.807, 2.05) is 0 Å². The molecule has 0 spiro atoms. The number of piperidine rings is 1. The molecule has 78 valence electrons. The maximum Gasteiger partial charge on any atom is 0.0202 e. The first kappa shape index (κ1) is 9.78. The molecule has 0 aliphatic carbocycles. The van der Waals surface area contributed by atoms with Crippen molar-refractivity contribution in [3.63, 3.8) is 0 Å². The summed E-state index contributed by atoms with van der Waals surface area (Å²) in [6.07, 6.45) is 4.80. The van der Waals surface area contributed by atoms with Gasteiger partial charge in [0, 0.05) is 18.9 Å². The van der Waals surface area contributed by atoms with E-state index in [1.165, 1.54) is 31.6 Å².